The second kappa shape index (κ2) is 8.63. The van der Waals surface area contributed by atoms with Gasteiger partial charge in [0.15, 0.2) is 11.5 Å². The molecular weight excluding hydrogens is 382 g/mol. The van der Waals surface area contributed by atoms with E-state index in [0.717, 1.165) is 0 Å². The maximum Gasteiger partial charge on any atom is 0.525 e. The summed E-state index contributed by atoms with van der Waals surface area (Å²) in [7, 11) is 3.11. The second-order valence-corrected chi connectivity index (χ2v) is 7.72. The van der Waals surface area contributed by atoms with Gasteiger partial charge >= 0.3 is 13.1 Å². The predicted octanol–water partition coefficient (Wildman–Crippen LogP) is 3.89. The Hall–Kier alpha value is -2.26. The van der Waals surface area contributed by atoms with Gasteiger partial charge in [0.2, 0.25) is 0 Å². The van der Waals surface area contributed by atoms with E-state index in [1.165, 1.54) is 21.3 Å². The van der Waals surface area contributed by atoms with Crippen LogP contribution in [0, 0.1) is 0 Å². The third-order valence-corrected chi connectivity index (χ3v) is 5.37. The number of carboxylic acids is 1. The number of carboxylic acid groups (broad SMARTS) is 1. The molecule has 0 aliphatic carbocycles. The van der Waals surface area contributed by atoms with E-state index in [-0.39, 0.29) is 18.4 Å². The van der Waals surface area contributed by atoms with Crippen molar-refractivity contribution in [3.63, 3.8) is 0 Å². The van der Waals surface area contributed by atoms with Crippen molar-refractivity contribution in [3.8, 4) is 17.2 Å². The van der Waals surface area contributed by atoms with Crippen LogP contribution in [0.5, 0.6) is 17.2 Å². The van der Waals surface area contributed by atoms with Crippen molar-refractivity contribution in [2.45, 2.75) is 51.7 Å². The van der Waals surface area contributed by atoms with Crippen molar-refractivity contribution in [1.82, 2.24) is 0 Å². The smallest absolute Gasteiger partial charge is 0.496 e. The van der Waals surface area contributed by atoms with Crippen LogP contribution in [0.4, 0.5) is 4.39 Å². The minimum Gasteiger partial charge on any atom is -0.496 e. The molecule has 1 N–H and O–H groups in total. The normalized spacial score (nSPS) is 18.3. The first-order valence-electron chi connectivity index (χ1n) is 9.23. The van der Waals surface area contributed by atoms with Crippen molar-refractivity contribution in [1.29, 1.82) is 0 Å². The fraction of sp³-hybridized carbons (Fsp3) is 0.550. The van der Waals surface area contributed by atoms with Crippen LogP contribution in [0.1, 0.15) is 46.1 Å². The summed E-state index contributed by atoms with van der Waals surface area (Å²) in [5, 5.41) is 9.15. The first-order chi connectivity index (χ1) is 13.5. The van der Waals surface area contributed by atoms with E-state index in [1.54, 1.807) is 12.1 Å². The number of benzene rings is 1. The number of methoxy groups -OCH3 is 3. The lowest BCUT2D eigenvalue weighted by atomic mass is 9.81. The molecule has 0 bridgehead atoms. The molecule has 0 aromatic heterocycles. The molecule has 0 unspecified atom stereocenters. The highest BCUT2D eigenvalue weighted by Gasteiger charge is 2.53. The number of carbonyl (C=O) groups is 1. The highest BCUT2D eigenvalue weighted by molar-refractivity contribution is 6.55. The molecule has 0 spiro atoms. The Balaban J connectivity index is 2.62. The largest absolute Gasteiger partial charge is 0.525 e. The molecule has 2 rings (SSSR count). The van der Waals surface area contributed by atoms with Crippen LogP contribution in [0.25, 0.3) is 5.57 Å². The molecule has 9 heteroatoms. The molecule has 1 aliphatic heterocycles. The van der Waals surface area contributed by atoms with Crippen molar-refractivity contribution in [2.24, 2.45) is 0 Å². The summed E-state index contributed by atoms with van der Waals surface area (Å²) < 4.78 is 43.3. The molecule has 0 saturated carbocycles. The third-order valence-electron chi connectivity index (χ3n) is 5.37. The zero-order valence-electron chi connectivity index (χ0n) is 17.9. The van der Waals surface area contributed by atoms with Crippen LogP contribution in [0.15, 0.2) is 17.9 Å². The summed E-state index contributed by atoms with van der Waals surface area (Å²) in [6.45, 7) is 7.25. The van der Waals surface area contributed by atoms with Gasteiger partial charge in [-0.2, -0.15) is 0 Å². The molecule has 7 nitrogen and oxygen atoms in total. The molecule has 1 aromatic rings. The van der Waals surface area contributed by atoms with Crippen molar-refractivity contribution < 1.29 is 37.8 Å². The number of allylic oxidation sites excluding steroid dienone is 1. The average Bonchev–Trinajstić information content (AvgIpc) is 2.88. The van der Waals surface area contributed by atoms with Gasteiger partial charge in [0, 0.05) is 18.1 Å². The number of rotatable bonds is 8. The number of hydrogen-bond acceptors (Lipinski definition) is 6. The molecular formula is C20H28BFO7. The lowest BCUT2D eigenvalue weighted by Gasteiger charge is -2.32. The summed E-state index contributed by atoms with van der Waals surface area (Å²) >= 11 is 0. The quantitative estimate of drug-likeness (QED) is 0.651. The maximum atomic E-state index is 15.6. The van der Waals surface area contributed by atoms with E-state index in [2.05, 4.69) is 0 Å². The molecule has 29 heavy (non-hydrogen) atoms. The van der Waals surface area contributed by atoms with Crippen LogP contribution in [-0.2, 0) is 14.1 Å². The topological polar surface area (TPSA) is 83.5 Å². The van der Waals surface area contributed by atoms with E-state index < -0.39 is 30.0 Å². The molecule has 0 radical (unpaired) electrons. The Morgan fingerprint density at radius 1 is 0.966 bits per heavy atom. The van der Waals surface area contributed by atoms with Gasteiger partial charge in [0.1, 0.15) is 11.5 Å². The fourth-order valence-electron chi connectivity index (χ4n) is 2.97. The molecule has 1 aromatic carbocycles. The van der Waals surface area contributed by atoms with Crippen molar-refractivity contribution in [2.75, 3.05) is 21.3 Å². The van der Waals surface area contributed by atoms with Gasteiger partial charge in [-0.05, 0) is 45.8 Å². The van der Waals surface area contributed by atoms with Gasteiger partial charge in [0.05, 0.1) is 32.5 Å². The zero-order chi connectivity index (χ0) is 22.0. The number of halogens is 1. The van der Waals surface area contributed by atoms with Crippen LogP contribution in [0.3, 0.4) is 0 Å². The van der Waals surface area contributed by atoms with Crippen LogP contribution < -0.4 is 14.2 Å². The van der Waals surface area contributed by atoms with Gasteiger partial charge < -0.3 is 28.6 Å². The number of hydrogen-bond donors (Lipinski definition) is 1. The fourth-order valence-corrected chi connectivity index (χ4v) is 2.97. The summed E-state index contributed by atoms with van der Waals surface area (Å²) in [6, 6.07) is 3.12. The minimum atomic E-state index is -1.26. The van der Waals surface area contributed by atoms with Crippen molar-refractivity contribution in [3.05, 3.63) is 23.4 Å². The SMILES string of the molecule is COc1cc(OC)c(C(CCC(=O)O)=C(F)B2OC(C)(C)C(C)(C)O2)cc1OC. The van der Waals surface area contributed by atoms with E-state index in [4.69, 9.17) is 28.6 Å². The molecule has 0 amide bonds. The minimum absolute atomic E-state index is 0.0862. The van der Waals surface area contributed by atoms with Gasteiger partial charge in [-0.25, -0.2) is 4.39 Å². The van der Waals surface area contributed by atoms with E-state index in [9.17, 15) is 4.79 Å². The lowest BCUT2D eigenvalue weighted by Crippen LogP contribution is -2.41. The summed E-state index contributed by atoms with van der Waals surface area (Å²) in [4.78, 5) is 11.2. The highest BCUT2D eigenvalue weighted by Crippen LogP contribution is 2.44. The van der Waals surface area contributed by atoms with Crippen LogP contribution in [0.2, 0.25) is 0 Å². The molecule has 1 fully saturated rings. The first kappa shape index (κ1) is 23.0. The molecule has 0 atom stereocenters. The first-order valence-corrected chi connectivity index (χ1v) is 9.23. The third kappa shape index (κ3) is 4.67. The Morgan fingerprint density at radius 2 is 1.45 bits per heavy atom. The number of ether oxygens (including phenoxy) is 3. The van der Waals surface area contributed by atoms with Gasteiger partial charge in [-0.1, -0.05) is 0 Å². The number of aliphatic carboxylic acids is 1. The Labute approximate surface area is 170 Å². The Bertz CT molecular complexity index is 788. The van der Waals surface area contributed by atoms with Crippen molar-refractivity contribution >= 4 is 18.7 Å². The molecule has 1 saturated heterocycles. The summed E-state index contributed by atoms with van der Waals surface area (Å²) in [6.07, 6.45) is -0.364. The van der Waals surface area contributed by atoms with Crippen LogP contribution in [-0.4, -0.2) is 50.7 Å². The van der Waals surface area contributed by atoms with Gasteiger partial charge in [-0.3, -0.25) is 4.79 Å². The van der Waals surface area contributed by atoms with Gasteiger partial charge in [-0.15, -0.1) is 0 Å². The maximum absolute atomic E-state index is 15.6. The lowest BCUT2D eigenvalue weighted by molar-refractivity contribution is -0.136. The molecule has 1 aliphatic rings. The summed E-state index contributed by atoms with van der Waals surface area (Å²) in [5.74, 6) is 0.0259. The average molecular weight is 410 g/mol. The van der Waals surface area contributed by atoms with E-state index in [0.29, 0.717) is 22.8 Å². The standard InChI is InChI=1S/C20H28BFO7/c1-19(2)20(3,4)29-21(28-19)18(22)12(8-9-17(23)24)13-10-15(26-6)16(27-7)11-14(13)25-5/h10-11H,8-9H2,1-7H3,(H,23,24). The highest BCUT2D eigenvalue weighted by atomic mass is 19.1. The van der Waals surface area contributed by atoms with Crippen LogP contribution >= 0.6 is 0 Å². The molecule has 1 heterocycles. The summed E-state index contributed by atoms with van der Waals surface area (Å²) in [5.41, 5.74) is -1.72. The van der Waals surface area contributed by atoms with E-state index in [1.807, 2.05) is 27.7 Å². The van der Waals surface area contributed by atoms with Gasteiger partial charge in [0.25, 0.3) is 0 Å². The Morgan fingerprint density at radius 3 is 1.90 bits per heavy atom. The zero-order valence-corrected chi connectivity index (χ0v) is 17.9. The second-order valence-electron chi connectivity index (χ2n) is 7.72. The monoisotopic (exact) mass is 410 g/mol. The Kier molecular flexibility index (Phi) is 6.85. The van der Waals surface area contributed by atoms with E-state index >= 15 is 4.39 Å². The molecule has 160 valence electrons. The predicted molar refractivity (Wildman–Crippen MR) is 107 cm³/mol.